The van der Waals surface area contributed by atoms with Gasteiger partial charge in [0.25, 0.3) is 5.56 Å². The maximum atomic E-state index is 13.4. The third kappa shape index (κ3) is 4.39. The fourth-order valence-corrected chi connectivity index (χ4v) is 6.46. The summed E-state index contributed by atoms with van der Waals surface area (Å²) in [5, 5.41) is 0.789. The molecule has 2 aromatic rings. The maximum absolute atomic E-state index is 13.4. The van der Waals surface area contributed by atoms with E-state index < -0.39 is 0 Å². The van der Waals surface area contributed by atoms with Crippen LogP contribution in [0.25, 0.3) is 11.3 Å². The molecule has 2 aliphatic carbocycles. The average molecular weight is 425 g/mol. The van der Waals surface area contributed by atoms with Crippen LogP contribution in [0.3, 0.4) is 0 Å². The molecule has 3 nitrogen and oxygen atoms in total. The molecule has 0 unspecified atom stereocenters. The SMILES string of the molecule is CCCCCCCSc1nc2c(c(=O)[nH]1)[C@](C)(C1CCCCC1)Cc1ccccc1-2. The molecule has 1 aromatic heterocycles. The second kappa shape index (κ2) is 9.72. The molecule has 1 N–H and O–H groups in total. The highest BCUT2D eigenvalue weighted by atomic mass is 32.2. The average Bonchev–Trinajstić information content (AvgIpc) is 2.76. The van der Waals surface area contributed by atoms with Crippen molar-refractivity contribution in [3.63, 3.8) is 0 Å². The lowest BCUT2D eigenvalue weighted by molar-refractivity contribution is 0.213. The van der Waals surface area contributed by atoms with E-state index in [1.807, 2.05) is 0 Å². The van der Waals surface area contributed by atoms with Gasteiger partial charge in [0.1, 0.15) is 0 Å². The van der Waals surface area contributed by atoms with E-state index in [4.69, 9.17) is 4.98 Å². The standard InChI is InChI=1S/C26H36N2OS/c1-3-4-5-6-12-17-30-25-27-23-21-16-11-10-13-19(21)18-26(2,22(23)24(29)28-25)20-14-8-7-9-15-20/h10-11,13,16,20H,3-9,12,14-15,17-18H2,1-2H3,(H,27,28,29)/t26-/m0/s1. The summed E-state index contributed by atoms with van der Waals surface area (Å²) in [6.07, 6.45) is 13.6. The van der Waals surface area contributed by atoms with Crippen LogP contribution in [0.15, 0.2) is 34.2 Å². The van der Waals surface area contributed by atoms with Crippen LogP contribution in [0.1, 0.15) is 89.2 Å². The Hall–Kier alpha value is -1.55. The van der Waals surface area contributed by atoms with E-state index in [1.165, 1.54) is 69.8 Å². The second-order valence-corrected chi connectivity index (χ2v) is 10.5. The fraction of sp³-hybridized carbons (Fsp3) is 0.615. The summed E-state index contributed by atoms with van der Waals surface area (Å²) in [4.78, 5) is 21.6. The van der Waals surface area contributed by atoms with Gasteiger partial charge in [-0.1, -0.05) is 94.8 Å². The molecule has 1 saturated carbocycles. The highest BCUT2D eigenvalue weighted by Crippen LogP contribution is 2.48. The van der Waals surface area contributed by atoms with E-state index >= 15 is 0 Å². The first-order valence-electron chi connectivity index (χ1n) is 12.0. The predicted molar refractivity (Wildman–Crippen MR) is 127 cm³/mol. The van der Waals surface area contributed by atoms with Crippen LogP contribution in [-0.2, 0) is 11.8 Å². The summed E-state index contributed by atoms with van der Waals surface area (Å²) < 4.78 is 0. The van der Waals surface area contributed by atoms with Crippen molar-refractivity contribution in [2.24, 2.45) is 5.92 Å². The van der Waals surface area contributed by atoms with Crippen molar-refractivity contribution in [3.8, 4) is 11.3 Å². The van der Waals surface area contributed by atoms with Gasteiger partial charge in [-0.25, -0.2) is 4.98 Å². The zero-order valence-electron chi connectivity index (χ0n) is 18.6. The van der Waals surface area contributed by atoms with Crippen LogP contribution in [0.2, 0.25) is 0 Å². The van der Waals surface area contributed by atoms with E-state index in [0.29, 0.717) is 5.92 Å². The van der Waals surface area contributed by atoms with Crippen LogP contribution in [0, 0.1) is 5.92 Å². The number of nitrogens with one attached hydrogen (secondary N) is 1. The molecule has 1 atom stereocenters. The molecule has 1 aromatic carbocycles. The number of aromatic amines is 1. The number of rotatable bonds is 8. The molecule has 4 rings (SSSR count). The van der Waals surface area contributed by atoms with Crippen LogP contribution >= 0.6 is 11.8 Å². The lowest BCUT2D eigenvalue weighted by Gasteiger charge is -2.43. The highest BCUT2D eigenvalue weighted by Gasteiger charge is 2.44. The van der Waals surface area contributed by atoms with Gasteiger partial charge >= 0.3 is 0 Å². The lowest BCUT2D eigenvalue weighted by Crippen LogP contribution is -2.43. The van der Waals surface area contributed by atoms with Gasteiger partial charge in [-0.05, 0) is 37.2 Å². The summed E-state index contributed by atoms with van der Waals surface area (Å²) in [5.74, 6) is 1.59. The normalized spacial score (nSPS) is 21.3. The van der Waals surface area contributed by atoms with Gasteiger partial charge in [-0.2, -0.15) is 0 Å². The van der Waals surface area contributed by atoms with E-state index in [2.05, 4.69) is 43.1 Å². The molecule has 1 heterocycles. The number of hydrogen-bond acceptors (Lipinski definition) is 3. The molecule has 0 saturated heterocycles. The van der Waals surface area contributed by atoms with Crippen LogP contribution in [0.4, 0.5) is 0 Å². The van der Waals surface area contributed by atoms with Gasteiger partial charge in [0, 0.05) is 16.7 Å². The van der Waals surface area contributed by atoms with Crippen molar-refractivity contribution < 1.29 is 0 Å². The molecule has 2 aliphatic rings. The summed E-state index contributed by atoms with van der Waals surface area (Å²) in [6.45, 7) is 4.57. The van der Waals surface area contributed by atoms with E-state index in [0.717, 1.165) is 34.2 Å². The number of thioether (sulfide) groups is 1. The zero-order valence-corrected chi connectivity index (χ0v) is 19.5. The molecule has 0 bridgehead atoms. The third-order valence-electron chi connectivity index (χ3n) is 7.29. The van der Waals surface area contributed by atoms with Gasteiger partial charge in [-0.3, -0.25) is 4.79 Å². The van der Waals surface area contributed by atoms with E-state index in [9.17, 15) is 4.79 Å². The molecule has 30 heavy (non-hydrogen) atoms. The van der Waals surface area contributed by atoms with Crippen molar-refractivity contribution in [2.75, 3.05) is 5.75 Å². The van der Waals surface area contributed by atoms with Crippen molar-refractivity contribution in [2.45, 2.75) is 95.0 Å². The molecule has 0 spiro atoms. The molecular formula is C26H36N2OS. The van der Waals surface area contributed by atoms with Gasteiger partial charge in [0.15, 0.2) is 5.16 Å². The van der Waals surface area contributed by atoms with Crippen molar-refractivity contribution >= 4 is 11.8 Å². The summed E-state index contributed by atoms with van der Waals surface area (Å²) in [5.41, 5.74) is 4.38. The Balaban J connectivity index is 1.65. The minimum Gasteiger partial charge on any atom is -0.301 e. The Kier molecular flexibility index (Phi) is 7.02. The van der Waals surface area contributed by atoms with Crippen LogP contribution in [-0.4, -0.2) is 15.7 Å². The molecule has 1 fully saturated rings. The number of hydrogen-bond donors (Lipinski definition) is 1. The van der Waals surface area contributed by atoms with Crippen LogP contribution < -0.4 is 5.56 Å². The quantitative estimate of drug-likeness (QED) is 0.285. The fourth-order valence-electron chi connectivity index (χ4n) is 5.60. The number of H-pyrrole nitrogens is 1. The maximum Gasteiger partial charge on any atom is 0.255 e. The van der Waals surface area contributed by atoms with Gasteiger partial charge < -0.3 is 4.98 Å². The highest BCUT2D eigenvalue weighted by molar-refractivity contribution is 7.99. The summed E-state index contributed by atoms with van der Waals surface area (Å²) in [6, 6.07) is 8.60. The second-order valence-electron chi connectivity index (χ2n) is 9.44. The molecule has 0 radical (unpaired) electrons. The van der Waals surface area contributed by atoms with E-state index in [1.54, 1.807) is 11.8 Å². The molecule has 0 amide bonds. The minimum atomic E-state index is -0.117. The first-order chi connectivity index (χ1) is 14.6. The van der Waals surface area contributed by atoms with Gasteiger partial charge in [0.05, 0.1) is 11.3 Å². The monoisotopic (exact) mass is 424 g/mol. The lowest BCUT2D eigenvalue weighted by atomic mass is 9.60. The zero-order chi connectivity index (χ0) is 21.0. The molecule has 4 heteroatoms. The largest absolute Gasteiger partial charge is 0.301 e. The Morgan fingerprint density at radius 1 is 1.10 bits per heavy atom. The van der Waals surface area contributed by atoms with Crippen LogP contribution in [0.5, 0.6) is 0 Å². The topological polar surface area (TPSA) is 45.8 Å². The third-order valence-corrected chi connectivity index (χ3v) is 8.25. The first-order valence-corrected chi connectivity index (χ1v) is 13.0. The molecule has 162 valence electrons. The summed E-state index contributed by atoms with van der Waals surface area (Å²) in [7, 11) is 0. The Morgan fingerprint density at radius 3 is 2.67 bits per heavy atom. The Bertz CT molecular complexity index is 915. The Morgan fingerprint density at radius 2 is 1.87 bits per heavy atom. The smallest absolute Gasteiger partial charge is 0.255 e. The number of unbranched alkanes of at least 4 members (excludes halogenated alkanes) is 4. The number of fused-ring (bicyclic) bond motifs is 3. The summed E-state index contributed by atoms with van der Waals surface area (Å²) >= 11 is 1.71. The number of benzene rings is 1. The van der Waals surface area contributed by atoms with Crippen molar-refractivity contribution in [1.82, 2.24) is 9.97 Å². The van der Waals surface area contributed by atoms with Gasteiger partial charge in [-0.15, -0.1) is 0 Å². The van der Waals surface area contributed by atoms with E-state index in [-0.39, 0.29) is 11.0 Å². The number of nitrogens with zero attached hydrogens (tertiary/aromatic N) is 1. The predicted octanol–water partition coefficient (Wildman–Crippen LogP) is 6.89. The minimum absolute atomic E-state index is 0.0936. The molecule has 0 aliphatic heterocycles. The van der Waals surface area contributed by atoms with Crippen molar-refractivity contribution in [1.29, 1.82) is 0 Å². The molecular weight excluding hydrogens is 388 g/mol. The Labute approximate surface area is 185 Å². The number of aromatic nitrogens is 2. The van der Waals surface area contributed by atoms with Gasteiger partial charge in [0.2, 0.25) is 0 Å². The first kappa shape index (κ1) is 21.7. The van der Waals surface area contributed by atoms with Crippen molar-refractivity contribution in [3.05, 3.63) is 45.7 Å².